The third-order valence-corrected chi connectivity index (χ3v) is 4.65. The molecule has 138 valence electrons. The van der Waals surface area contributed by atoms with Gasteiger partial charge in [-0.25, -0.2) is 0 Å². The van der Waals surface area contributed by atoms with Gasteiger partial charge in [-0.2, -0.15) is 0 Å². The van der Waals surface area contributed by atoms with Gasteiger partial charge in [0.15, 0.2) is 11.5 Å². The summed E-state index contributed by atoms with van der Waals surface area (Å²) in [5, 5.41) is 2.98. The maximum atomic E-state index is 12.7. The molecule has 0 saturated carbocycles. The lowest BCUT2D eigenvalue weighted by molar-refractivity contribution is -0.116. The van der Waals surface area contributed by atoms with Crippen LogP contribution in [0.15, 0.2) is 67.0 Å². The van der Waals surface area contributed by atoms with Gasteiger partial charge in [0.2, 0.25) is 5.91 Å². The molecule has 1 aliphatic heterocycles. The smallest absolute Gasteiger partial charge is 0.226 e. The summed E-state index contributed by atoms with van der Waals surface area (Å²) in [6, 6.07) is 17.7. The van der Waals surface area contributed by atoms with Crippen LogP contribution in [0.4, 0.5) is 5.69 Å². The number of anilines is 1. The Kier molecular flexibility index (Phi) is 4.83. The van der Waals surface area contributed by atoms with Crippen molar-refractivity contribution in [2.75, 3.05) is 18.5 Å². The number of rotatable bonds is 5. The van der Waals surface area contributed by atoms with Crippen molar-refractivity contribution in [3.05, 3.63) is 78.1 Å². The zero-order chi connectivity index (χ0) is 18.6. The van der Waals surface area contributed by atoms with Crippen molar-refractivity contribution in [1.82, 2.24) is 4.57 Å². The van der Waals surface area contributed by atoms with E-state index in [1.165, 1.54) is 5.56 Å². The monoisotopic (exact) mass is 362 g/mol. The Bertz CT molecular complexity index is 917. The highest BCUT2D eigenvalue weighted by Gasteiger charge is 2.18. The number of fused-ring (bicyclic) bond motifs is 1. The third kappa shape index (κ3) is 3.97. The molecule has 0 fully saturated rings. The maximum Gasteiger partial charge on any atom is 0.226 e. The number of amides is 1. The average Bonchev–Trinajstić information content (AvgIpc) is 3.21. The van der Waals surface area contributed by atoms with E-state index in [4.69, 9.17) is 9.47 Å². The second kappa shape index (κ2) is 7.58. The van der Waals surface area contributed by atoms with Crippen LogP contribution in [0, 0.1) is 6.92 Å². The average molecular weight is 362 g/mol. The first-order valence-corrected chi connectivity index (χ1v) is 9.07. The maximum absolute atomic E-state index is 12.7. The number of nitrogens with one attached hydrogen (secondary N) is 1. The fraction of sp³-hybridized carbons (Fsp3) is 0.227. The molecule has 27 heavy (non-hydrogen) atoms. The molecule has 0 bridgehead atoms. The second-order valence-electron chi connectivity index (χ2n) is 6.67. The zero-order valence-corrected chi connectivity index (χ0v) is 15.2. The summed E-state index contributed by atoms with van der Waals surface area (Å²) in [6.07, 6.45) is 4.32. The summed E-state index contributed by atoms with van der Waals surface area (Å²) >= 11 is 0. The minimum absolute atomic E-state index is 0.0500. The molecule has 1 N–H and O–H groups in total. The van der Waals surface area contributed by atoms with Gasteiger partial charge in [0.25, 0.3) is 0 Å². The Labute approximate surface area is 158 Å². The van der Waals surface area contributed by atoms with Crippen LogP contribution in [0.5, 0.6) is 11.5 Å². The quantitative estimate of drug-likeness (QED) is 0.741. The van der Waals surface area contributed by atoms with E-state index in [0.717, 1.165) is 5.56 Å². The van der Waals surface area contributed by atoms with E-state index < -0.39 is 0 Å². The molecule has 1 atom stereocenters. The van der Waals surface area contributed by atoms with Crippen molar-refractivity contribution < 1.29 is 14.3 Å². The van der Waals surface area contributed by atoms with Crippen molar-refractivity contribution >= 4 is 11.6 Å². The number of aryl methyl sites for hydroxylation is 1. The van der Waals surface area contributed by atoms with E-state index in [1.54, 1.807) is 0 Å². The molecule has 0 saturated heterocycles. The fourth-order valence-electron chi connectivity index (χ4n) is 3.25. The molecule has 1 aromatic heterocycles. The first-order valence-electron chi connectivity index (χ1n) is 9.07. The molecule has 1 amide bonds. The zero-order valence-electron chi connectivity index (χ0n) is 15.2. The Morgan fingerprint density at radius 1 is 1.04 bits per heavy atom. The number of aromatic nitrogens is 1. The van der Waals surface area contributed by atoms with Gasteiger partial charge in [-0.3, -0.25) is 4.79 Å². The van der Waals surface area contributed by atoms with Crippen LogP contribution in [-0.4, -0.2) is 23.7 Å². The number of hydrogen-bond donors (Lipinski definition) is 1. The predicted octanol–water partition coefficient (Wildman–Crippen LogP) is 4.19. The van der Waals surface area contributed by atoms with Crippen LogP contribution in [-0.2, 0) is 4.79 Å². The van der Waals surface area contributed by atoms with Gasteiger partial charge in [-0.1, -0.05) is 29.8 Å². The van der Waals surface area contributed by atoms with Crippen molar-refractivity contribution in [3.63, 3.8) is 0 Å². The largest absolute Gasteiger partial charge is 0.486 e. The van der Waals surface area contributed by atoms with E-state index >= 15 is 0 Å². The van der Waals surface area contributed by atoms with Crippen molar-refractivity contribution in [2.45, 2.75) is 19.4 Å². The Hall–Kier alpha value is -3.21. The summed E-state index contributed by atoms with van der Waals surface area (Å²) in [7, 11) is 0. The van der Waals surface area contributed by atoms with Gasteiger partial charge in [0.1, 0.15) is 13.2 Å². The lowest BCUT2D eigenvalue weighted by Gasteiger charge is -2.21. The number of hydrogen-bond acceptors (Lipinski definition) is 3. The standard InChI is InChI=1S/C22H22N2O3/c1-16-4-6-17(7-5-16)19(24-10-2-3-11-24)15-22(25)23-18-8-9-20-21(14-18)27-13-12-26-20/h2-11,14,19H,12-13,15H2,1H3,(H,23,25)/t19-/m1/s1. The van der Waals surface area contributed by atoms with Gasteiger partial charge in [0, 0.05) is 24.1 Å². The van der Waals surface area contributed by atoms with Gasteiger partial charge in [0.05, 0.1) is 12.5 Å². The minimum Gasteiger partial charge on any atom is -0.486 e. The molecule has 2 aromatic carbocycles. The van der Waals surface area contributed by atoms with Crippen molar-refractivity contribution in [2.24, 2.45) is 0 Å². The number of carbonyl (C=O) groups is 1. The molecule has 0 unspecified atom stereocenters. The predicted molar refractivity (Wildman–Crippen MR) is 104 cm³/mol. The van der Waals surface area contributed by atoms with Crippen LogP contribution in [0.2, 0.25) is 0 Å². The van der Waals surface area contributed by atoms with Crippen molar-refractivity contribution in [1.29, 1.82) is 0 Å². The van der Waals surface area contributed by atoms with E-state index in [9.17, 15) is 4.79 Å². The SMILES string of the molecule is Cc1ccc([C@@H](CC(=O)Nc2ccc3c(c2)OCCO3)n2cccc2)cc1. The molecule has 1 aliphatic rings. The van der Waals surface area contributed by atoms with E-state index in [2.05, 4.69) is 41.1 Å². The molecule has 0 spiro atoms. The van der Waals surface area contributed by atoms with Crippen LogP contribution in [0.25, 0.3) is 0 Å². The first kappa shape index (κ1) is 17.2. The number of carbonyl (C=O) groups excluding carboxylic acids is 1. The summed E-state index contributed by atoms with van der Waals surface area (Å²) in [5.74, 6) is 1.33. The summed E-state index contributed by atoms with van der Waals surface area (Å²) < 4.78 is 13.2. The molecule has 3 aromatic rings. The lowest BCUT2D eigenvalue weighted by atomic mass is 10.0. The molecular formula is C22H22N2O3. The van der Waals surface area contributed by atoms with E-state index in [1.807, 2.05) is 42.7 Å². The van der Waals surface area contributed by atoms with E-state index in [0.29, 0.717) is 36.8 Å². The van der Waals surface area contributed by atoms with Gasteiger partial charge < -0.3 is 19.4 Å². The Balaban J connectivity index is 1.51. The second-order valence-corrected chi connectivity index (χ2v) is 6.67. The Morgan fingerprint density at radius 2 is 1.74 bits per heavy atom. The number of benzene rings is 2. The number of nitrogens with zero attached hydrogens (tertiary/aromatic N) is 1. The first-order chi connectivity index (χ1) is 13.2. The molecular weight excluding hydrogens is 340 g/mol. The summed E-state index contributed by atoms with van der Waals surface area (Å²) in [6.45, 7) is 3.13. The topological polar surface area (TPSA) is 52.5 Å². The highest BCUT2D eigenvalue weighted by molar-refractivity contribution is 5.91. The summed E-state index contributed by atoms with van der Waals surface area (Å²) in [4.78, 5) is 12.7. The van der Waals surface area contributed by atoms with E-state index in [-0.39, 0.29) is 11.9 Å². The van der Waals surface area contributed by atoms with Crippen LogP contribution in [0.1, 0.15) is 23.6 Å². The van der Waals surface area contributed by atoms with Crippen LogP contribution >= 0.6 is 0 Å². The summed E-state index contributed by atoms with van der Waals surface area (Å²) in [5.41, 5.74) is 3.01. The lowest BCUT2D eigenvalue weighted by Crippen LogP contribution is -2.20. The van der Waals surface area contributed by atoms with Crippen LogP contribution < -0.4 is 14.8 Å². The van der Waals surface area contributed by atoms with Gasteiger partial charge in [-0.15, -0.1) is 0 Å². The highest BCUT2D eigenvalue weighted by atomic mass is 16.6. The molecule has 5 heteroatoms. The molecule has 0 aliphatic carbocycles. The third-order valence-electron chi connectivity index (χ3n) is 4.65. The molecule has 2 heterocycles. The fourth-order valence-corrected chi connectivity index (χ4v) is 3.25. The van der Waals surface area contributed by atoms with Gasteiger partial charge >= 0.3 is 0 Å². The van der Waals surface area contributed by atoms with Crippen LogP contribution in [0.3, 0.4) is 0 Å². The highest BCUT2D eigenvalue weighted by Crippen LogP contribution is 2.33. The molecule has 4 rings (SSSR count). The number of ether oxygens (including phenoxy) is 2. The molecule has 5 nitrogen and oxygen atoms in total. The molecule has 0 radical (unpaired) electrons. The van der Waals surface area contributed by atoms with Crippen molar-refractivity contribution in [3.8, 4) is 11.5 Å². The van der Waals surface area contributed by atoms with Gasteiger partial charge in [-0.05, 0) is 36.8 Å². The normalized spacial score (nSPS) is 13.8. The Morgan fingerprint density at radius 3 is 2.48 bits per heavy atom. The minimum atomic E-state index is -0.0576.